The van der Waals surface area contributed by atoms with Crippen LogP contribution in [0.3, 0.4) is 0 Å². The average molecular weight is 182 g/mol. The third-order valence-corrected chi connectivity index (χ3v) is 1.55. The summed E-state index contributed by atoms with van der Waals surface area (Å²) in [7, 11) is -0.301. The van der Waals surface area contributed by atoms with Crippen LogP contribution in [0.5, 0.6) is 0 Å². The summed E-state index contributed by atoms with van der Waals surface area (Å²) in [6, 6.07) is 7.31. The minimum Gasteiger partial charge on any atom is -0.545 e. The molecule has 0 aliphatic heterocycles. The summed E-state index contributed by atoms with van der Waals surface area (Å²) in [4.78, 5) is 0. The lowest BCUT2D eigenvalue weighted by molar-refractivity contribution is 0.408. The molecule has 0 saturated carbocycles. The van der Waals surface area contributed by atoms with Gasteiger partial charge in [0.2, 0.25) is 0 Å². The monoisotopic (exact) mass is 182 g/mol. The molecule has 0 bridgehead atoms. The number of benzene rings is 1. The lowest BCUT2D eigenvalue weighted by Crippen LogP contribution is -1.86. The van der Waals surface area contributed by atoms with Crippen molar-refractivity contribution in [1.82, 2.24) is 0 Å². The molecule has 0 spiro atoms. The average Bonchev–Trinajstić information content (AvgIpc) is 2.09. The van der Waals surface area contributed by atoms with Crippen molar-refractivity contribution in [1.29, 1.82) is 0 Å². The van der Waals surface area contributed by atoms with Gasteiger partial charge in [-0.3, -0.25) is 0 Å². The summed E-state index contributed by atoms with van der Waals surface area (Å²) in [5.74, 6) is 0. The maximum atomic E-state index is 8.29. The number of rotatable bonds is 3. The number of hydrogen-bond donors (Lipinski definition) is 1. The lowest BCUT2D eigenvalue weighted by atomic mass is 10.2. The molecule has 0 fully saturated rings. The highest BCUT2D eigenvalue weighted by Gasteiger charge is 1.86. The zero-order chi connectivity index (χ0) is 8.81. The molecule has 1 N–H and O–H groups in total. The summed E-state index contributed by atoms with van der Waals surface area (Å²) in [5.41, 5.74) is 0.979. The standard InChI is InChI=1S/C8H8BClO2/c10-8-3-1-7(2-4-8)5-6-12-9-11/h1-6,9,11H/b6-5+. The topological polar surface area (TPSA) is 29.5 Å². The molecule has 0 saturated heterocycles. The predicted molar refractivity (Wildman–Crippen MR) is 50.9 cm³/mol. The lowest BCUT2D eigenvalue weighted by Gasteiger charge is -1.93. The smallest absolute Gasteiger partial charge is 0.503 e. The molecule has 12 heavy (non-hydrogen) atoms. The van der Waals surface area contributed by atoms with Crippen LogP contribution < -0.4 is 0 Å². The summed E-state index contributed by atoms with van der Waals surface area (Å²) >= 11 is 5.68. The van der Waals surface area contributed by atoms with Gasteiger partial charge in [-0.15, -0.1) is 0 Å². The molecule has 0 aromatic heterocycles. The van der Waals surface area contributed by atoms with Crippen LogP contribution in [-0.4, -0.2) is 12.7 Å². The van der Waals surface area contributed by atoms with E-state index in [9.17, 15) is 0 Å². The Kier molecular flexibility index (Phi) is 3.71. The van der Waals surface area contributed by atoms with Gasteiger partial charge in [0.05, 0.1) is 6.26 Å². The van der Waals surface area contributed by atoms with Crippen LogP contribution in [0.4, 0.5) is 0 Å². The number of halogens is 1. The second-order valence-corrected chi connectivity index (χ2v) is 2.59. The van der Waals surface area contributed by atoms with Gasteiger partial charge in [0.1, 0.15) is 0 Å². The second kappa shape index (κ2) is 4.85. The van der Waals surface area contributed by atoms with Gasteiger partial charge < -0.3 is 9.68 Å². The highest BCUT2D eigenvalue weighted by Crippen LogP contribution is 2.10. The molecular formula is C8H8BClO2. The first-order valence-electron chi connectivity index (χ1n) is 3.47. The van der Waals surface area contributed by atoms with Gasteiger partial charge >= 0.3 is 7.69 Å². The Balaban J connectivity index is 2.58. The van der Waals surface area contributed by atoms with Crippen LogP contribution >= 0.6 is 11.6 Å². The van der Waals surface area contributed by atoms with Crippen molar-refractivity contribution < 1.29 is 9.68 Å². The van der Waals surface area contributed by atoms with Gasteiger partial charge in [0.15, 0.2) is 0 Å². The van der Waals surface area contributed by atoms with E-state index in [1.165, 1.54) is 6.26 Å². The van der Waals surface area contributed by atoms with Crippen molar-refractivity contribution in [3.63, 3.8) is 0 Å². The van der Waals surface area contributed by atoms with Crippen molar-refractivity contribution in [2.75, 3.05) is 0 Å². The molecule has 0 heterocycles. The predicted octanol–water partition coefficient (Wildman–Crippen LogP) is 1.59. The molecule has 4 heteroatoms. The van der Waals surface area contributed by atoms with E-state index in [0.717, 1.165) is 5.56 Å². The van der Waals surface area contributed by atoms with E-state index in [1.807, 2.05) is 12.1 Å². The van der Waals surface area contributed by atoms with Crippen molar-refractivity contribution in [3.05, 3.63) is 41.1 Å². The molecule has 1 rings (SSSR count). The summed E-state index contributed by atoms with van der Waals surface area (Å²) in [5, 5.41) is 9.00. The largest absolute Gasteiger partial charge is 0.545 e. The molecule has 0 aliphatic rings. The van der Waals surface area contributed by atoms with E-state index in [2.05, 4.69) is 4.65 Å². The first-order chi connectivity index (χ1) is 5.83. The second-order valence-electron chi connectivity index (χ2n) is 2.15. The van der Waals surface area contributed by atoms with Gasteiger partial charge in [-0.25, -0.2) is 0 Å². The zero-order valence-electron chi connectivity index (χ0n) is 6.40. The van der Waals surface area contributed by atoms with Crippen molar-refractivity contribution in [3.8, 4) is 0 Å². The third-order valence-electron chi connectivity index (χ3n) is 1.30. The van der Waals surface area contributed by atoms with Crippen LogP contribution in [0.1, 0.15) is 5.56 Å². The maximum Gasteiger partial charge on any atom is 0.503 e. The van der Waals surface area contributed by atoms with Gasteiger partial charge in [-0.1, -0.05) is 23.7 Å². The zero-order valence-corrected chi connectivity index (χ0v) is 7.16. The number of hydrogen-bond acceptors (Lipinski definition) is 2. The molecule has 62 valence electrons. The Hall–Kier alpha value is -0.925. The van der Waals surface area contributed by atoms with Gasteiger partial charge in [-0.2, -0.15) is 0 Å². The van der Waals surface area contributed by atoms with Crippen LogP contribution in [-0.2, 0) is 4.65 Å². The minimum atomic E-state index is -0.301. The normalized spacial score (nSPS) is 10.2. The Labute approximate surface area is 76.7 Å². The van der Waals surface area contributed by atoms with E-state index in [-0.39, 0.29) is 7.69 Å². The summed E-state index contributed by atoms with van der Waals surface area (Å²) in [6.45, 7) is 0. The fraction of sp³-hybridized carbons (Fsp3) is 0. The van der Waals surface area contributed by atoms with Gasteiger partial charge in [0, 0.05) is 5.02 Å². The third kappa shape index (κ3) is 2.99. The van der Waals surface area contributed by atoms with Crippen LogP contribution in [0.2, 0.25) is 5.02 Å². The Morgan fingerprint density at radius 3 is 2.58 bits per heavy atom. The van der Waals surface area contributed by atoms with Crippen molar-refractivity contribution >= 4 is 25.4 Å². The van der Waals surface area contributed by atoms with E-state index in [1.54, 1.807) is 18.2 Å². The van der Waals surface area contributed by atoms with Gasteiger partial charge in [-0.05, 0) is 23.8 Å². The van der Waals surface area contributed by atoms with E-state index >= 15 is 0 Å². The fourth-order valence-corrected chi connectivity index (χ4v) is 0.870. The van der Waals surface area contributed by atoms with Crippen LogP contribution in [0.25, 0.3) is 6.08 Å². The summed E-state index contributed by atoms with van der Waals surface area (Å²) < 4.78 is 4.61. The molecular weight excluding hydrogens is 174 g/mol. The Morgan fingerprint density at radius 2 is 2.00 bits per heavy atom. The molecule has 0 unspecified atom stereocenters. The maximum absolute atomic E-state index is 8.29. The Morgan fingerprint density at radius 1 is 1.33 bits per heavy atom. The van der Waals surface area contributed by atoms with Crippen molar-refractivity contribution in [2.24, 2.45) is 0 Å². The summed E-state index contributed by atoms with van der Waals surface area (Å²) in [6.07, 6.45) is 3.18. The van der Waals surface area contributed by atoms with Crippen molar-refractivity contribution in [2.45, 2.75) is 0 Å². The molecule has 0 atom stereocenters. The molecule has 0 radical (unpaired) electrons. The van der Waals surface area contributed by atoms with Gasteiger partial charge in [0.25, 0.3) is 0 Å². The molecule has 1 aromatic rings. The first-order valence-corrected chi connectivity index (χ1v) is 3.85. The molecule has 0 amide bonds. The quantitative estimate of drug-likeness (QED) is 0.568. The van der Waals surface area contributed by atoms with Crippen LogP contribution in [0, 0.1) is 0 Å². The fourth-order valence-electron chi connectivity index (χ4n) is 0.744. The van der Waals surface area contributed by atoms with Crippen LogP contribution in [0.15, 0.2) is 30.5 Å². The highest BCUT2D eigenvalue weighted by molar-refractivity contribution is 6.30. The van der Waals surface area contributed by atoms with E-state index in [4.69, 9.17) is 16.6 Å². The molecule has 1 aromatic carbocycles. The molecule has 0 aliphatic carbocycles. The van der Waals surface area contributed by atoms with E-state index in [0.29, 0.717) is 5.02 Å². The Bertz CT molecular complexity index is 258. The highest BCUT2D eigenvalue weighted by atomic mass is 35.5. The molecule has 2 nitrogen and oxygen atoms in total. The first kappa shape index (κ1) is 9.17. The SMILES string of the molecule is OBO/C=C/c1ccc(Cl)cc1. The minimum absolute atomic E-state index is 0.301. The van der Waals surface area contributed by atoms with E-state index < -0.39 is 0 Å².